The number of alkyl carbamates (subject to hydrolysis) is 1. The number of nitrogens with zero attached hydrogens (tertiary/aromatic N) is 1. The van der Waals surface area contributed by atoms with Crippen LogP contribution in [0.2, 0.25) is 0 Å². The van der Waals surface area contributed by atoms with Crippen LogP contribution < -0.4 is 5.32 Å². The number of hydrogen-bond donors (Lipinski definition) is 1. The summed E-state index contributed by atoms with van der Waals surface area (Å²) in [6, 6.07) is 0. The van der Waals surface area contributed by atoms with Crippen molar-refractivity contribution in [3.05, 3.63) is 0 Å². The van der Waals surface area contributed by atoms with Gasteiger partial charge in [-0.25, -0.2) is 13.2 Å². The van der Waals surface area contributed by atoms with Gasteiger partial charge in [-0.1, -0.05) is 0 Å². The van der Waals surface area contributed by atoms with E-state index < -0.39 is 21.5 Å². The maximum atomic E-state index is 11.5. The third-order valence-corrected chi connectivity index (χ3v) is 4.92. The van der Waals surface area contributed by atoms with Gasteiger partial charge in [-0.15, -0.1) is 0 Å². The van der Waals surface area contributed by atoms with Crippen LogP contribution in [-0.4, -0.2) is 62.7 Å². The van der Waals surface area contributed by atoms with Gasteiger partial charge in [0, 0.05) is 19.3 Å². The number of piperidine rings is 1. The van der Waals surface area contributed by atoms with E-state index in [0.717, 1.165) is 19.6 Å². The van der Waals surface area contributed by atoms with Gasteiger partial charge in [0.15, 0.2) is 0 Å². The van der Waals surface area contributed by atoms with Crippen LogP contribution in [0.3, 0.4) is 0 Å². The summed E-state index contributed by atoms with van der Waals surface area (Å²) in [7, 11) is -2.92. The Bertz CT molecular complexity index is 420. The van der Waals surface area contributed by atoms with Gasteiger partial charge in [0.05, 0.1) is 5.25 Å². The summed E-state index contributed by atoms with van der Waals surface area (Å²) in [5.74, 6) is 0. The van der Waals surface area contributed by atoms with E-state index in [1.165, 1.54) is 6.26 Å². The van der Waals surface area contributed by atoms with E-state index >= 15 is 0 Å². The molecule has 0 bridgehead atoms. The van der Waals surface area contributed by atoms with Crippen LogP contribution in [0.1, 0.15) is 33.6 Å². The molecule has 1 heterocycles. The summed E-state index contributed by atoms with van der Waals surface area (Å²) in [6.07, 6.45) is 2.23. The summed E-state index contributed by atoms with van der Waals surface area (Å²) in [5.41, 5.74) is -0.488. The Hall–Kier alpha value is -0.820. The third kappa shape index (κ3) is 6.56. The Morgan fingerprint density at radius 1 is 1.30 bits per heavy atom. The Kier molecular flexibility index (Phi) is 5.82. The maximum Gasteiger partial charge on any atom is 0.407 e. The van der Waals surface area contributed by atoms with Crippen LogP contribution in [0.5, 0.6) is 0 Å². The highest BCUT2D eigenvalue weighted by molar-refractivity contribution is 7.91. The molecule has 6 nitrogen and oxygen atoms in total. The number of sulfone groups is 1. The minimum absolute atomic E-state index is 0.211. The highest BCUT2D eigenvalue weighted by Gasteiger charge is 2.26. The molecule has 0 aromatic rings. The first-order chi connectivity index (χ1) is 9.08. The fraction of sp³-hybridized carbons (Fsp3) is 0.923. The summed E-state index contributed by atoms with van der Waals surface area (Å²) in [5, 5.41) is 2.50. The molecule has 7 heteroatoms. The molecule has 1 aliphatic heterocycles. The molecule has 20 heavy (non-hydrogen) atoms. The lowest BCUT2D eigenvalue weighted by Gasteiger charge is -2.31. The number of hydrogen-bond acceptors (Lipinski definition) is 5. The second-order valence-corrected chi connectivity index (χ2v) is 8.62. The Balaban J connectivity index is 2.21. The topological polar surface area (TPSA) is 75.7 Å². The smallest absolute Gasteiger partial charge is 0.407 e. The Morgan fingerprint density at radius 2 is 1.85 bits per heavy atom. The van der Waals surface area contributed by atoms with Gasteiger partial charge >= 0.3 is 6.09 Å². The van der Waals surface area contributed by atoms with Crippen molar-refractivity contribution in [2.75, 3.05) is 32.4 Å². The fourth-order valence-electron chi connectivity index (χ4n) is 2.19. The van der Waals surface area contributed by atoms with Crippen LogP contribution in [-0.2, 0) is 14.6 Å². The SMILES string of the molecule is CC(C)(C)OC(=O)NCCN1CCC(S(C)(=O)=O)CC1. The zero-order valence-corrected chi connectivity index (χ0v) is 13.6. The minimum Gasteiger partial charge on any atom is -0.444 e. The molecule has 1 fully saturated rings. The van der Waals surface area contributed by atoms with Gasteiger partial charge < -0.3 is 15.0 Å². The molecule has 1 N–H and O–H groups in total. The van der Waals surface area contributed by atoms with E-state index in [4.69, 9.17) is 4.74 Å². The molecule has 0 unspecified atom stereocenters. The van der Waals surface area contributed by atoms with Crippen LogP contribution in [0, 0.1) is 0 Å². The molecular formula is C13H26N2O4S. The van der Waals surface area contributed by atoms with Gasteiger partial charge in [0.25, 0.3) is 0 Å². The van der Waals surface area contributed by atoms with Crippen molar-refractivity contribution in [1.82, 2.24) is 10.2 Å². The first-order valence-corrected chi connectivity index (χ1v) is 8.91. The van der Waals surface area contributed by atoms with Gasteiger partial charge in [-0.05, 0) is 46.7 Å². The molecule has 0 aromatic carbocycles. The van der Waals surface area contributed by atoms with E-state index in [-0.39, 0.29) is 5.25 Å². The van der Waals surface area contributed by atoms with Crippen molar-refractivity contribution in [3.8, 4) is 0 Å². The number of carbonyl (C=O) groups excluding carboxylic acids is 1. The number of ether oxygens (including phenoxy) is 1. The van der Waals surface area contributed by atoms with E-state index in [0.29, 0.717) is 19.4 Å². The predicted molar refractivity (Wildman–Crippen MR) is 78.5 cm³/mol. The molecule has 1 rings (SSSR count). The van der Waals surface area contributed by atoms with E-state index in [1.54, 1.807) is 0 Å². The van der Waals surface area contributed by atoms with E-state index in [9.17, 15) is 13.2 Å². The van der Waals surface area contributed by atoms with E-state index in [2.05, 4.69) is 10.2 Å². The summed E-state index contributed by atoms with van der Waals surface area (Å²) < 4.78 is 28.0. The van der Waals surface area contributed by atoms with Gasteiger partial charge in [-0.3, -0.25) is 0 Å². The number of rotatable bonds is 4. The van der Waals surface area contributed by atoms with Gasteiger partial charge in [-0.2, -0.15) is 0 Å². The summed E-state index contributed by atoms with van der Waals surface area (Å²) >= 11 is 0. The summed E-state index contributed by atoms with van der Waals surface area (Å²) in [6.45, 7) is 8.21. The van der Waals surface area contributed by atoms with Crippen LogP contribution >= 0.6 is 0 Å². The monoisotopic (exact) mass is 306 g/mol. The van der Waals surface area contributed by atoms with Crippen LogP contribution in [0.25, 0.3) is 0 Å². The number of likely N-dealkylation sites (tertiary alicyclic amines) is 1. The number of carbonyl (C=O) groups is 1. The number of amides is 1. The summed E-state index contributed by atoms with van der Waals surface area (Å²) in [4.78, 5) is 13.6. The Labute approximate surface area is 121 Å². The van der Waals surface area contributed by atoms with Crippen molar-refractivity contribution >= 4 is 15.9 Å². The normalized spacial score (nSPS) is 18.8. The molecule has 0 spiro atoms. The van der Waals surface area contributed by atoms with Crippen molar-refractivity contribution in [2.24, 2.45) is 0 Å². The van der Waals surface area contributed by atoms with Crippen molar-refractivity contribution in [2.45, 2.75) is 44.5 Å². The molecule has 1 amide bonds. The molecule has 0 aliphatic carbocycles. The molecule has 0 saturated carbocycles. The standard InChI is InChI=1S/C13H26N2O4S/c1-13(2,3)19-12(16)14-7-10-15-8-5-11(6-9-15)20(4,17)18/h11H,5-10H2,1-4H3,(H,14,16). The predicted octanol–water partition coefficient (Wildman–Crippen LogP) is 1.02. The van der Waals surface area contributed by atoms with Crippen molar-refractivity contribution in [1.29, 1.82) is 0 Å². The molecule has 0 aromatic heterocycles. The minimum atomic E-state index is -2.92. The average Bonchev–Trinajstić information content (AvgIpc) is 2.26. The lowest BCUT2D eigenvalue weighted by atomic mass is 10.1. The highest BCUT2D eigenvalue weighted by Crippen LogP contribution is 2.16. The zero-order valence-electron chi connectivity index (χ0n) is 12.8. The van der Waals surface area contributed by atoms with Crippen LogP contribution in [0.15, 0.2) is 0 Å². The molecular weight excluding hydrogens is 280 g/mol. The largest absolute Gasteiger partial charge is 0.444 e. The van der Waals surface area contributed by atoms with Gasteiger partial charge in [0.2, 0.25) is 0 Å². The zero-order chi connectivity index (χ0) is 15.4. The van der Waals surface area contributed by atoms with Gasteiger partial charge in [0.1, 0.15) is 15.4 Å². The second-order valence-electron chi connectivity index (χ2n) is 6.30. The second kappa shape index (κ2) is 6.76. The third-order valence-electron chi connectivity index (χ3n) is 3.24. The molecule has 118 valence electrons. The Morgan fingerprint density at radius 3 is 2.30 bits per heavy atom. The molecule has 1 saturated heterocycles. The maximum absolute atomic E-state index is 11.5. The first kappa shape index (κ1) is 17.2. The highest BCUT2D eigenvalue weighted by atomic mass is 32.2. The lowest BCUT2D eigenvalue weighted by Crippen LogP contribution is -2.43. The van der Waals surface area contributed by atoms with Crippen molar-refractivity contribution < 1.29 is 17.9 Å². The van der Waals surface area contributed by atoms with Crippen molar-refractivity contribution in [3.63, 3.8) is 0 Å². The first-order valence-electron chi connectivity index (χ1n) is 6.96. The molecule has 1 aliphatic rings. The molecule has 0 radical (unpaired) electrons. The fourth-order valence-corrected chi connectivity index (χ4v) is 3.26. The average molecular weight is 306 g/mol. The van der Waals surface area contributed by atoms with Crippen LogP contribution in [0.4, 0.5) is 4.79 Å². The van der Waals surface area contributed by atoms with E-state index in [1.807, 2.05) is 20.8 Å². The lowest BCUT2D eigenvalue weighted by molar-refractivity contribution is 0.0521. The number of nitrogens with one attached hydrogen (secondary N) is 1. The molecule has 0 atom stereocenters. The quantitative estimate of drug-likeness (QED) is 0.839.